The zero-order valence-electron chi connectivity index (χ0n) is 22.1. The number of fused-ring (bicyclic) bond motifs is 1. The Bertz CT molecular complexity index is 1420. The second kappa shape index (κ2) is 11.6. The van der Waals surface area contributed by atoms with Crippen LogP contribution in [0.3, 0.4) is 0 Å². The quantitative estimate of drug-likeness (QED) is 0.265. The Hall–Kier alpha value is -4.32. The minimum Gasteiger partial charge on any atom is -0.473 e. The van der Waals surface area contributed by atoms with Gasteiger partial charge >= 0.3 is 0 Å². The molecular formula is C33H33N3O3. The third-order valence-corrected chi connectivity index (χ3v) is 7.44. The molecule has 2 aliphatic rings. The van der Waals surface area contributed by atoms with E-state index in [-0.39, 0.29) is 0 Å². The molecule has 0 bridgehead atoms. The molecule has 6 rings (SSSR count). The van der Waals surface area contributed by atoms with E-state index in [4.69, 9.17) is 14.5 Å². The van der Waals surface area contributed by atoms with Gasteiger partial charge in [0.15, 0.2) is 0 Å². The molecule has 0 unspecified atom stereocenters. The molecule has 4 aromatic rings. The lowest BCUT2D eigenvalue weighted by atomic mass is 9.97. The molecule has 3 heterocycles. The lowest BCUT2D eigenvalue weighted by molar-refractivity contribution is -0.119. The van der Waals surface area contributed by atoms with Gasteiger partial charge in [0, 0.05) is 49.9 Å². The van der Waals surface area contributed by atoms with Gasteiger partial charge in [0.2, 0.25) is 11.8 Å². The van der Waals surface area contributed by atoms with Crippen molar-refractivity contribution in [3.8, 4) is 11.8 Å². The van der Waals surface area contributed by atoms with E-state index in [1.807, 2.05) is 54.6 Å². The number of nitrogens with zero attached hydrogens (tertiary/aromatic N) is 3. The topological polar surface area (TPSA) is 54.9 Å². The standard InChI is InChI=1S/C33H33N3O3/c37-27-18-21-35(22-19-27)29-14-7-15-30-28(29)13-8-20-36(30)31-16-17-32(38-23-25-9-3-1-4-10-25)34-33(31)39-24-26-11-5-2-6-12-26/h1-7,9-12,14-17H,8,13,18-24H2. The first-order valence-corrected chi connectivity index (χ1v) is 13.8. The molecule has 0 spiro atoms. The van der Waals surface area contributed by atoms with Gasteiger partial charge in [-0.05, 0) is 47.7 Å². The van der Waals surface area contributed by atoms with Crippen molar-refractivity contribution in [2.24, 2.45) is 0 Å². The van der Waals surface area contributed by atoms with Crippen molar-refractivity contribution in [2.75, 3.05) is 29.4 Å². The molecule has 6 nitrogen and oxygen atoms in total. The van der Waals surface area contributed by atoms with Gasteiger partial charge in [-0.15, -0.1) is 0 Å². The molecule has 6 heteroatoms. The van der Waals surface area contributed by atoms with E-state index < -0.39 is 0 Å². The number of piperidine rings is 1. The molecule has 0 N–H and O–H groups in total. The summed E-state index contributed by atoms with van der Waals surface area (Å²) in [5.41, 5.74) is 6.86. The smallest absolute Gasteiger partial charge is 0.241 e. The van der Waals surface area contributed by atoms with Gasteiger partial charge in [0.05, 0.1) is 0 Å². The van der Waals surface area contributed by atoms with Gasteiger partial charge in [0.1, 0.15) is 24.7 Å². The normalized spacial score (nSPS) is 15.1. The summed E-state index contributed by atoms with van der Waals surface area (Å²) in [6.07, 6.45) is 3.29. The van der Waals surface area contributed by atoms with Crippen LogP contribution >= 0.6 is 0 Å². The van der Waals surface area contributed by atoms with Crippen molar-refractivity contribution in [3.63, 3.8) is 0 Å². The van der Waals surface area contributed by atoms with Crippen LogP contribution in [0.15, 0.2) is 91.0 Å². The molecule has 0 amide bonds. The summed E-state index contributed by atoms with van der Waals surface area (Å²) in [5, 5.41) is 0. The van der Waals surface area contributed by atoms with Crippen LogP contribution in [0.5, 0.6) is 11.8 Å². The maximum atomic E-state index is 11.9. The lowest BCUT2D eigenvalue weighted by Gasteiger charge is -2.36. The Morgan fingerprint density at radius 2 is 1.31 bits per heavy atom. The van der Waals surface area contributed by atoms with E-state index in [1.165, 1.54) is 16.9 Å². The first kappa shape index (κ1) is 25.0. The number of benzene rings is 3. The summed E-state index contributed by atoms with van der Waals surface area (Å²) in [6.45, 7) is 3.32. The average molecular weight is 520 g/mol. The highest BCUT2D eigenvalue weighted by Gasteiger charge is 2.27. The number of hydrogen-bond donors (Lipinski definition) is 0. The summed E-state index contributed by atoms with van der Waals surface area (Å²) in [6, 6.07) is 30.8. The Morgan fingerprint density at radius 3 is 2.03 bits per heavy atom. The predicted octanol–water partition coefficient (Wildman–Crippen LogP) is 6.49. The van der Waals surface area contributed by atoms with Gasteiger partial charge in [-0.25, -0.2) is 0 Å². The van der Waals surface area contributed by atoms with Crippen LogP contribution in [0, 0.1) is 0 Å². The number of Topliss-reactive ketones (excluding diaryl/α,β-unsaturated/α-hetero) is 1. The van der Waals surface area contributed by atoms with E-state index in [0.29, 0.717) is 43.6 Å². The third-order valence-electron chi connectivity index (χ3n) is 7.44. The SMILES string of the molecule is O=C1CCN(c2cccc3c2CCCN3c2ccc(OCc3ccccc3)nc2OCc2ccccc2)CC1. The van der Waals surface area contributed by atoms with Gasteiger partial charge in [-0.1, -0.05) is 66.7 Å². The van der Waals surface area contributed by atoms with Crippen molar-refractivity contribution < 1.29 is 14.3 Å². The maximum absolute atomic E-state index is 11.9. The van der Waals surface area contributed by atoms with Gasteiger partial charge < -0.3 is 19.3 Å². The van der Waals surface area contributed by atoms with Crippen LogP contribution in [0.2, 0.25) is 0 Å². The van der Waals surface area contributed by atoms with Crippen molar-refractivity contribution in [1.29, 1.82) is 0 Å². The maximum Gasteiger partial charge on any atom is 0.241 e. The van der Waals surface area contributed by atoms with E-state index >= 15 is 0 Å². The fraction of sp³-hybridized carbons (Fsp3) is 0.273. The molecule has 1 saturated heterocycles. The Morgan fingerprint density at radius 1 is 0.641 bits per heavy atom. The number of ether oxygens (including phenoxy) is 2. The van der Waals surface area contributed by atoms with Gasteiger partial charge in [0.25, 0.3) is 0 Å². The summed E-state index contributed by atoms with van der Waals surface area (Å²) < 4.78 is 12.4. The van der Waals surface area contributed by atoms with E-state index in [9.17, 15) is 4.79 Å². The fourth-order valence-electron chi connectivity index (χ4n) is 5.42. The van der Waals surface area contributed by atoms with E-state index in [2.05, 4.69) is 46.2 Å². The lowest BCUT2D eigenvalue weighted by Crippen LogP contribution is -2.35. The molecule has 1 aromatic heterocycles. The van der Waals surface area contributed by atoms with Crippen molar-refractivity contribution in [3.05, 3.63) is 108 Å². The van der Waals surface area contributed by atoms with Crippen LogP contribution < -0.4 is 19.3 Å². The average Bonchev–Trinajstić information content (AvgIpc) is 3.00. The Labute approximate surface area is 229 Å². The second-order valence-electron chi connectivity index (χ2n) is 10.1. The molecule has 3 aromatic carbocycles. The van der Waals surface area contributed by atoms with Crippen molar-refractivity contribution >= 4 is 22.8 Å². The molecule has 0 atom stereocenters. The van der Waals surface area contributed by atoms with E-state index in [1.54, 1.807) is 0 Å². The van der Waals surface area contributed by atoms with Gasteiger partial charge in [-0.2, -0.15) is 4.98 Å². The zero-order chi connectivity index (χ0) is 26.4. The third kappa shape index (κ3) is 5.75. The molecule has 2 aliphatic heterocycles. The largest absolute Gasteiger partial charge is 0.473 e. The zero-order valence-corrected chi connectivity index (χ0v) is 22.1. The number of aromatic nitrogens is 1. The van der Waals surface area contributed by atoms with Crippen LogP contribution in [0.1, 0.15) is 36.0 Å². The fourth-order valence-corrected chi connectivity index (χ4v) is 5.42. The number of pyridine rings is 1. The molecule has 0 saturated carbocycles. The highest BCUT2D eigenvalue weighted by Crippen LogP contribution is 2.42. The number of hydrogen-bond acceptors (Lipinski definition) is 6. The first-order chi connectivity index (χ1) is 19.2. The number of carbonyl (C=O) groups is 1. The highest BCUT2D eigenvalue weighted by molar-refractivity contribution is 5.82. The summed E-state index contributed by atoms with van der Waals surface area (Å²) in [7, 11) is 0. The first-order valence-electron chi connectivity index (χ1n) is 13.8. The summed E-state index contributed by atoms with van der Waals surface area (Å²) in [4.78, 5) is 21.4. The Kier molecular flexibility index (Phi) is 7.43. The van der Waals surface area contributed by atoms with Crippen molar-refractivity contribution in [1.82, 2.24) is 4.98 Å². The minimum atomic E-state index is 0.360. The summed E-state index contributed by atoms with van der Waals surface area (Å²) >= 11 is 0. The van der Waals surface area contributed by atoms with Crippen LogP contribution in [-0.2, 0) is 24.4 Å². The molecule has 198 valence electrons. The minimum absolute atomic E-state index is 0.360. The summed E-state index contributed by atoms with van der Waals surface area (Å²) in [5.74, 6) is 1.46. The number of rotatable bonds is 8. The van der Waals surface area contributed by atoms with Crippen LogP contribution in [0.25, 0.3) is 0 Å². The molecule has 0 radical (unpaired) electrons. The number of carbonyl (C=O) groups excluding carboxylic acids is 1. The number of anilines is 3. The van der Waals surface area contributed by atoms with Crippen molar-refractivity contribution in [2.45, 2.75) is 38.9 Å². The highest BCUT2D eigenvalue weighted by atomic mass is 16.5. The molecule has 1 fully saturated rings. The monoisotopic (exact) mass is 519 g/mol. The second-order valence-corrected chi connectivity index (χ2v) is 10.1. The molecule has 0 aliphatic carbocycles. The van der Waals surface area contributed by atoms with Crippen LogP contribution in [-0.4, -0.2) is 30.4 Å². The van der Waals surface area contributed by atoms with Gasteiger partial charge in [-0.3, -0.25) is 4.79 Å². The number of ketones is 1. The molecular weight excluding hydrogens is 486 g/mol. The Balaban J connectivity index is 1.31. The predicted molar refractivity (Wildman–Crippen MR) is 154 cm³/mol. The molecule has 39 heavy (non-hydrogen) atoms. The van der Waals surface area contributed by atoms with E-state index in [0.717, 1.165) is 49.3 Å². The van der Waals surface area contributed by atoms with Crippen LogP contribution in [0.4, 0.5) is 17.1 Å².